The second-order valence-corrected chi connectivity index (χ2v) is 11.0. The molecule has 3 unspecified atom stereocenters. The molecule has 6 nitrogen and oxygen atoms in total. The average Bonchev–Trinajstić information content (AvgIpc) is 3.13. The fraction of sp³-hybridized carbons (Fsp3) is 0.696. The maximum absolute atomic E-state index is 13.4. The Morgan fingerprint density at radius 1 is 1.26 bits per heavy atom. The van der Waals surface area contributed by atoms with Crippen LogP contribution in [0.5, 0.6) is 0 Å². The van der Waals surface area contributed by atoms with E-state index in [2.05, 4.69) is 19.2 Å². The van der Waals surface area contributed by atoms with Crippen LogP contribution in [0.15, 0.2) is 9.95 Å². The SMILES string of the molecule is COCCn1c(SCC(=O)NC2CCCC(C)C2C)nc2sc3c(c2c1=O)CCCC3. The third kappa shape index (κ3) is 4.86. The van der Waals surface area contributed by atoms with Crippen LogP contribution in [-0.2, 0) is 28.9 Å². The van der Waals surface area contributed by atoms with Crippen LogP contribution >= 0.6 is 23.1 Å². The number of thiophene rings is 1. The van der Waals surface area contributed by atoms with E-state index in [0.717, 1.165) is 35.9 Å². The van der Waals surface area contributed by atoms with Gasteiger partial charge in [0.1, 0.15) is 4.83 Å². The van der Waals surface area contributed by atoms with Crippen molar-refractivity contribution in [3.05, 3.63) is 20.8 Å². The highest BCUT2D eigenvalue weighted by Gasteiger charge is 2.28. The molecule has 170 valence electrons. The molecular weight excluding hydrogens is 430 g/mol. The van der Waals surface area contributed by atoms with Gasteiger partial charge in [0.2, 0.25) is 5.91 Å². The summed E-state index contributed by atoms with van der Waals surface area (Å²) in [5.74, 6) is 1.43. The quantitative estimate of drug-likeness (QED) is 0.496. The number of fused-ring (bicyclic) bond motifs is 3. The van der Waals surface area contributed by atoms with Crippen molar-refractivity contribution in [2.45, 2.75) is 76.5 Å². The summed E-state index contributed by atoms with van der Waals surface area (Å²) < 4.78 is 6.94. The predicted molar refractivity (Wildman–Crippen MR) is 127 cm³/mol. The van der Waals surface area contributed by atoms with Crippen molar-refractivity contribution in [2.75, 3.05) is 19.5 Å². The molecule has 4 rings (SSSR count). The van der Waals surface area contributed by atoms with Crippen LogP contribution in [0.2, 0.25) is 0 Å². The van der Waals surface area contributed by atoms with Crippen LogP contribution in [0.25, 0.3) is 10.2 Å². The number of hydrogen-bond donors (Lipinski definition) is 1. The molecule has 0 aromatic carbocycles. The summed E-state index contributed by atoms with van der Waals surface area (Å²) in [7, 11) is 1.63. The second-order valence-electron chi connectivity index (χ2n) is 8.97. The molecule has 1 N–H and O–H groups in total. The molecule has 0 spiro atoms. The predicted octanol–water partition coefficient (Wildman–Crippen LogP) is 4.02. The lowest BCUT2D eigenvalue weighted by Gasteiger charge is -2.34. The second kappa shape index (κ2) is 10.0. The van der Waals surface area contributed by atoms with Crippen LogP contribution < -0.4 is 10.9 Å². The lowest BCUT2D eigenvalue weighted by Crippen LogP contribution is -2.44. The number of methoxy groups -OCH3 is 1. The molecule has 0 aliphatic heterocycles. The minimum atomic E-state index is 0.0130. The van der Waals surface area contributed by atoms with Gasteiger partial charge in [-0.3, -0.25) is 14.2 Å². The highest BCUT2D eigenvalue weighted by molar-refractivity contribution is 7.99. The van der Waals surface area contributed by atoms with Crippen LogP contribution in [-0.4, -0.2) is 41.0 Å². The summed E-state index contributed by atoms with van der Waals surface area (Å²) >= 11 is 3.02. The molecular formula is C23H33N3O3S2. The molecule has 2 aliphatic rings. The van der Waals surface area contributed by atoms with Crippen molar-refractivity contribution in [1.82, 2.24) is 14.9 Å². The van der Waals surface area contributed by atoms with Gasteiger partial charge in [-0.25, -0.2) is 4.98 Å². The summed E-state index contributed by atoms with van der Waals surface area (Å²) in [6, 6.07) is 0.243. The Morgan fingerprint density at radius 3 is 2.87 bits per heavy atom. The van der Waals surface area contributed by atoms with E-state index >= 15 is 0 Å². The van der Waals surface area contributed by atoms with Gasteiger partial charge in [0.25, 0.3) is 5.56 Å². The van der Waals surface area contributed by atoms with Crippen molar-refractivity contribution in [2.24, 2.45) is 11.8 Å². The number of aromatic nitrogens is 2. The van der Waals surface area contributed by atoms with Crippen molar-refractivity contribution in [3.63, 3.8) is 0 Å². The molecule has 0 radical (unpaired) electrons. The molecule has 2 aromatic rings. The molecule has 2 heterocycles. The number of carbonyl (C=O) groups excluding carboxylic acids is 1. The van der Waals surface area contributed by atoms with Gasteiger partial charge in [-0.05, 0) is 49.5 Å². The Kier molecular flexibility index (Phi) is 7.39. The van der Waals surface area contributed by atoms with Crippen LogP contribution in [0, 0.1) is 11.8 Å². The number of carbonyl (C=O) groups is 1. The van der Waals surface area contributed by atoms with E-state index < -0.39 is 0 Å². The lowest BCUT2D eigenvalue weighted by molar-refractivity contribution is -0.120. The maximum atomic E-state index is 13.4. The molecule has 1 fully saturated rings. The summed E-state index contributed by atoms with van der Waals surface area (Å²) in [5.41, 5.74) is 1.21. The summed E-state index contributed by atoms with van der Waals surface area (Å²) in [6.45, 7) is 5.39. The largest absolute Gasteiger partial charge is 0.383 e. The molecule has 3 atom stereocenters. The van der Waals surface area contributed by atoms with Gasteiger partial charge in [0.15, 0.2) is 5.16 Å². The minimum absolute atomic E-state index is 0.0130. The molecule has 2 aromatic heterocycles. The van der Waals surface area contributed by atoms with Gasteiger partial charge < -0.3 is 10.1 Å². The third-order valence-electron chi connectivity index (χ3n) is 6.94. The number of aryl methyl sites for hydroxylation is 2. The number of ether oxygens (including phenoxy) is 1. The zero-order valence-electron chi connectivity index (χ0n) is 18.7. The summed E-state index contributed by atoms with van der Waals surface area (Å²) in [5, 5.41) is 4.63. The minimum Gasteiger partial charge on any atom is -0.383 e. The molecule has 1 saturated carbocycles. The van der Waals surface area contributed by atoms with Gasteiger partial charge >= 0.3 is 0 Å². The smallest absolute Gasteiger partial charge is 0.263 e. The van der Waals surface area contributed by atoms with Gasteiger partial charge in [-0.2, -0.15) is 0 Å². The highest BCUT2D eigenvalue weighted by Crippen LogP contribution is 2.35. The fourth-order valence-corrected chi connectivity index (χ4v) is 7.01. The first-order valence-corrected chi connectivity index (χ1v) is 13.3. The van der Waals surface area contributed by atoms with Crippen molar-refractivity contribution < 1.29 is 9.53 Å². The summed E-state index contributed by atoms with van der Waals surface area (Å²) in [4.78, 5) is 33.1. The number of rotatable bonds is 7. The highest BCUT2D eigenvalue weighted by atomic mass is 32.2. The third-order valence-corrected chi connectivity index (χ3v) is 9.11. The first-order chi connectivity index (χ1) is 15.0. The van der Waals surface area contributed by atoms with Gasteiger partial charge in [-0.15, -0.1) is 11.3 Å². The Hall–Kier alpha value is -1.38. The lowest BCUT2D eigenvalue weighted by atomic mass is 9.78. The number of nitrogens with one attached hydrogen (secondary N) is 1. The normalized spacial score (nSPS) is 23.6. The topological polar surface area (TPSA) is 73.2 Å². The first-order valence-electron chi connectivity index (χ1n) is 11.5. The average molecular weight is 464 g/mol. The van der Waals surface area contributed by atoms with E-state index in [1.54, 1.807) is 23.0 Å². The van der Waals surface area contributed by atoms with Crippen molar-refractivity contribution >= 4 is 39.2 Å². The van der Waals surface area contributed by atoms with Crippen LogP contribution in [0.3, 0.4) is 0 Å². The van der Waals surface area contributed by atoms with E-state index in [0.29, 0.717) is 30.1 Å². The monoisotopic (exact) mass is 463 g/mol. The van der Waals surface area contributed by atoms with Gasteiger partial charge in [-0.1, -0.05) is 38.5 Å². The van der Waals surface area contributed by atoms with Gasteiger partial charge in [0, 0.05) is 18.0 Å². The Labute approximate surface area is 192 Å². The number of hydrogen-bond acceptors (Lipinski definition) is 6. The van der Waals surface area contributed by atoms with E-state index in [1.165, 1.54) is 41.5 Å². The molecule has 0 bridgehead atoms. The number of amides is 1. The van der Waals surface area contributed by atoms with E-state index in [9.17, 15) is 9.59 Å². The standard InChI is InChI=1S/C23H33N3O3S2/c1-14-7-6-9-17(15(14)2)24-19(27)13-30-23-25-21-20(22(28)26(23)11-12-29-3)16-8-4-5-10-18(16)31-21/h14-15,17H,4-13H2,1-3H3,(H,24,27). The number of thioether (sulfide) groups is 1. The number of nitrogens with zero attached hydrogens (tertiary/aromatic N) is 2. The fourth-order valence-electron chi connectivity index (χ4n) is 4.87. The van der Waals surface area contributed by atoms with Crippen LogP contribution in [0.1, 0.15) is 56.4 Å². The molecule has 2 aliphatic carbocycles. The maximum Gasteiger partial charge on any atom is 0.263 e. The van der Waals surface area contributed by atoms with E-state index in [4.69, 9.17) is 9.72 Å². The zero-order chi connectivity index (χ0) is 22.0. The molecule has 0 saturated heterocycles. The summed E-state index contributed by atoms with van der Waals surface area (Å²) in [6.07, 6.45) is 7.76. The van der Waals surface area contributed by atoms with E-state index in [1.807, 2.05) is 0 Å². The molecule has 1 amide bonds. The van der Waals surface area contributed by atoms with E-state index in [-0.39, 0.29) is 23.3 Å². The Balaban J connectivity index is 1.54. The Morgan fingerprint density at radius 2 is 2.06 bits per heavy atom. The molecule has 31 heavy (non-hydrogen) atoms. The Bertz CT molecular complexity index is 1000. The van der Waals surface area contributed by atoms with Crippen molar-refractivity contribution in [1.29, 1.82) is 0 Å². The zero-order valence-corrected chi connectivity index (χ0v) is 20.4. The van der Waals surface area contributed by atoms with Crippen molar-refractivity contribution in [3.8, 4) is 0 Å². The first kappa shape index (κ1) is 22.8. The van der Waals surface area contributed by atoms with Crippen LogP contribution in [0.4, 0.5) is 0 Å². The van der Waals surface area contributed by atoms with Gasteiger partial charge in [0.05, 0.1) is 24.3 Å². The molecule has 8 heteroatoms.